The lowest BCUT2D eigenvalue weighted by Crippen LogP contribution is -2.22. The van der Waals surface area contributed by atoms with Crippen molar-refractivity contribution in [1.82, 2.24) is 0 Å². The van der Waals surface area contributed by atoms with Crippen molar-refractivity contribution in [1.29, 1.82) is 0 Å². The molecule has 0 saturated heterocycles. The zero-order valence-corrected chi connectivity index (χ0v) is 14.3. The summed E-state index contributed by atoms with van der Waals surface area (Å²) < 4.78 is 0. The van der Waals surface area contributed by atoms with E-state index in [1.807, 2.05) is 60.7 Å². The van der Waals surface area contributed by atoms with E-state index in [2.05, 4.69) is 5.32 Å². The van der Waals surface area contributed by atoms with Crippen molar-refractivity contribution in [3.63, 3.8) is 0 Å². The molecule has 0 fully saturated rings. The Morgan fingerprint density at radius 2 is 1.38 bits per heavy atom. The summed E-state index contributed by atoms with van der Waals surface area (Å²) in [7, 11) is 0. The topological polar surface area (TPSA) is 66.4 Å². The largest absolute Gasteiger partial charge is 0.478 e. The predicted octanol–water partition coefficient (Wildman–Crippen LogP) is 4.46. The molecule has 0 aliphatic carbocycles. The molecule has 3 rings (SSSR count). The molecule has 4 nitrogen and oxygen atoms in total. The van der Waals surface area contributed by atoms with Gasteiger partial charge in [-0.1, -0.05) is 60.7 Å². The summed E-state index contributed by atoms with van der Waals surface area (Å²) in [6, 6.07) is 23.8. The molecule has 1 amide bonds. The highest BCUT2D eigenvalue weighted by atomic mass is 16.4. The van der Waals surface area contributed by atoms with Crippen molar-refractivity contribution in [2.75, 3.05) is 5.32 Å². The van der Waals surface area contributed by atoms with Gasteiger partial charge in [-0.2, -0.15) is 0 Å². The molecule has 0 radical (unpaired) electrons. The van der Waals surface area contributed by atoms with Gasteiger partial charge in [0.15, 0.2) is 0 Å². The zero-order valence-electron chi connectivity index (χ0n) is 14.3. The van der Waals surface area contributed by atoms with Gasteiger partial charge in [0.1, 0.15) is 0 Å². The summed E-state index contributed by atoms with van der Waals surface area (Å²) in [6.45, 7) is 1.78. The second kappa shape index (κ2) is 7.66. The Morgan fingerprint density at radius 3 is 1.85 bits per heavy atom. The van der Waals surface area contributed by atoms with Gasteiger partial charge in [-0.15, -0.1) is 0 Å². The summed E-state index contributed by atoms with van der Waals surface area (Å²) in [6.07, 6.45) is 0. The fourth-order valence-electron chi connectivity index (χ4n) is 2.93. The van der Waals surface area contributed by atoms with Gasteiger partial charge in [0.25, 0.3) is 0 Å². The molecule has 0 heterocycles. The number of benzene rings is 3. The van der Waals surface area contributed by atoms with Crippen molar-refractivity contribution in [2.45, 2.75) is 12.8 Å². The van der Waals surface area contributed by atoms with E-state index in [-0.39, 0.29) is 11.5 Å². The van der Waals surface area contributed by atoms with Crippen LogP contribution in [0.5, 0.6) is 0 Å². The quantitative estimate of drug-likeness (QED) is 0.717. The van der Waals surface area contributed by atoms with Crippen LogP contribution >= 0.6 is 0 Å². The van der Waals surface area contributed by atoms with E-state index in [0.29, 0.717) is 11.3 Å². The summed E-state index contributed by atoms with van der Waals surface area (Å²) in [4.78, 5) is 24.1. The van der Waals surface area contributed by atoms with Gasteiger partial charge >= 0.3 is 5.97 Å². The van der Waals surface area contributed by atoms with Gasteiger partial charge in [0.2, 0.25) is 5.91 Å². The van der Waals surface area contributed by atoms with E-state index < -0.39 is 11.9 Å². The van der Waals surface area contributed by atoms with Crippen LogP contribution in [-0.4, -0.2) is 17.0 Å². The molecule has 0 aromatic heterocycles. The minimum absolute atomic E-state index is 0.159. The maximum Gasteiger partial charge on any atom is 0.335 e. The highest BCUT2D eigenvalue weighted by Crippen LogP contribution is 2.27. The minimum Gasteiger partial charge on any atom is -0.478 e. The average molecular weight is 345 g/mol. The Balaban J connectivity index is 1.93. The zero-order chi connectivity index (χ0) is 18.5. The number of carbonyl (C=O) groups excluding carboxylic acids is 1. The Labute approximate surface area is 152 Å². The second-order valence-corrected chi connectivity index (χ2v) is 6.08. The molecular weight excluding hydrogens is 326 g/mol. The van der Waals surface area contributed by atoms with Crippen LogP contribution in [0.2, 0.25) is 0 Å². The first-order chi connectivity index (χ1) is 12.6. The van der Waals surface area contributed by atoms with Gasteiger partial charge in [-0.25, -0.2) is 4.79 Å². The predicted molar refractivity (Wildman–Crippen MR) is 101 cm³/mol. The molecule has 130 valence electrons. The fourth-order valence-corrected chi connectivity index (χ4v) is 2.93. The number of aryl methyl sites for hydroxylation is 1. The van der Waals surface area contributed by atoms with Crippen molar-refractivity contribution >= 4 is 17.6 Å². The third kappa shape index (κ3) is 3.81. The number of rotatable bonds is 5. The van der Waals surface area contributed by atoms with Crippen molar-refractivity contribution in [3.8, 4) is 0 Å². The molecule has 26 heavy (non-hydrogen) atoms. The molecule has 0 aliphatic heterocycles. The number of anilines is 1. The van der Waals surface area contributed by atoms with Crippen LogP contribution in [0.25, 0.3) is 0 Å². The van der Waals surface area contributed by atoms with Crippen LogP contribution in [0.1, 0.15) is 33.0 Å². The lowest BCUT2D eigenvalue weighted by atomic mass is 9.90. The Hall–Kier alpha value is -3.40. The van der Waals surface area contributed by atoms with Crippen LogP contribution in [0.3, 0.4) is 0 Å². The first-order valence-electron chi connectivity index (χ1n) is 8.31. The van der Waals surface area contributed by atoms with Crippen molar-refractivity contribution in [3.05, 3.63) is 101 Å². The van der Waals surface area contributed by atoms with E-state index in [1.165, 1.54) is 6.07 Å². The van der Waals surface area contributed by atoms with Gasteiger partial charge in [-0.3, -0.25) is 4.79 Å². The average Bonchev–Trinajstić information content (AvgIpc) is 2.65. The highest BCUT2D eigenvalue weighted by Gasteiger charge is 2.23. The fraction of sp³-hybridized carbons (Fsp3) is 0.0909. The number of carboxylic acid groups (broad SMARTS) is 1. The summed E-state index contributed by atoms with van der Waals surface area (Å²) in [5.41, 5.74) is 3.31. The summed E-state index contributed by atoms with van der Waals surface area (Å²) in [5.74, 6) is -1.60. The molecule has 2 N–H and O–H groups in total. The normalized spacial score (nSPS) is 10.5. The second-order valence-electron chi connectivity index (χ2n) is 6.08. The summed E-state index contributed by atoms with van der Waals surface area (Å²) in [5, 5.41) is 12.0. The molecule has 0 unspecified atom stereocenters. The van der Waals surface area contributed by atoms with E-state index in [9.17, 15) is 9.59 Å². The molecular formula is C22H19NO3. The highest BCUT2D eigenvalue weighted by molar-refractivity contribution is 5.99. The number of amides is 1. The molecule has 0 atom stereocenters. The minimum atomic E-state index is -0.988. The number of carboxylic acids is 1. The third-order valence-corrected chi connectivity index (χ3v) is 4.26. The van der Waals surface area contributed by atoms with Crippen LogP contribution in [0.4, 0.5) is 5.69 Å². The van der Waals surface area contributed by atoms with Gasteiger partial charge in [-0.05, 0) is 41.8 Å². The van der Waals surface area contributed by atoms with Crippen LogP contribution in [0.15, 0.2) is 78.9 Å². The van der Waals surface area contributed by atoms with E-state index in [1.54, 1.807) is 19.1 Å². The van der Waals surface area contributed by atoms with E-state index in [4.69, 9.17) is 5.11 Å². The van der Waals surface area contributed by atoms with Gasteiger partial charge < -0.3 is 10.4 Å². The molecule has 0 saturated carbocycles. The summed E-state index contributed by atoms with van der Waals surface area (Å²) >= 11 is 0. The maximum absolute atomic E-state index is 13.1. The number of carbonyl (C=O) groups is 2. The standard InChI is InChI=1S/C22H19NO3/c1-15-14-18(22(25)26)12-13-19(15)23-21(24)20(16-8-4-2-5-9-16)17-10-6-3-7-11-17/h2-14,20H,1H3,(H,23,24)(H,25,26). The Bertz CT molecular complexity index is 881. The smallest absolute Gasteiger partial charge is 0.335 e. The van der Waals surface area contributed by atoms with Crippen LogP contribution in [0, 0.1) is 6.92 Å². The van der Waals surface area contributed by atoms with Crippen LogP contribution in [-0.2, 0) is 4.79 Å². The lowest BCUT2D eigenvalue weighted by molar-refractivity contribution is -0.116. The molecule has 0 spiro atoms. The van der Waals surface area contributed by atoms with Gasteiger partial charge in [0, 0.05) is 5.69 Å². The van der Waals surface area contributed by atoms with Crippen LogP contribution < -0.4 is 5.32 Å². The lowest BCUT2D eigenvalue weighted by Gasteiger charge is -2.19. The van der Waals surface area contributed by atoms with Crippen molar-refractivity contribution in [2.24, 2.45) is 0 Å². The molecule has 4 heteroatoms. The van der Waals surface area contributed by atoms with E-state index in [0.717, 1.165) is 11.1 Å². The number of hydrogen-bond acceptors (Lipinski definition) is 2. The maximum atomic E-state index is 13.1. The molecule has 3 aromatic carbocycles. The number of aromatic carboxylic acids is 1. The molecule has 0 bridgehead atoms. The monoisotopic (exact) mass is 345 g/mol. The number of nitrogens with one attached hydrogen (secondary N) is 1. The Morgan fingerprint density at radius 1 is 0.846 bits per heavy atom. The van der Waals surface area contributed by atoms with E-state index >= 15 is 0 Å². The first-order valence-corrected chi connectivity index (χ1v) is 8.31. The molecule has 3 aromatic rings. The first kappa shape index (κ1) is 17.4. The molecule has 0 aliphatic rings. The van der Waals surface area contributed by atoms with Crippen molar-refractivity contribution < 1.29 is 14.7 Å². The SMILES string of the molecule is Cc1cc(C(=O)O)ccc1NC(=O)C(c1ccccc1)c1ccccc1. The number of hydrogen-bond donors (Lipinski definition) is 2. The van der Waals surface area contributed by atoms with Gasteiger partial charge in [0.05, 0.1) is 11.5 Å². The third-order valence-electron chi connectivity index (χ3n) is 4.26. The Kier molecular flexibility index (Phi) is 5.13.